The third-order valence-electron chi connectivity index (χ3n) is 4.20. The summed E-state index contributed by atoms with van der Waals surface area (Å²) in [7, 11) is 0. The fourth-order valence-corrected chi connectivity index (χ4v) is 3.51. The summed E-state index contributed by atoms with van der Waals surface area (Å²) in [5.41, 5.74) is 1.67. The summed E-state index contributed by atoms with van der Waals surface area (Å²) in [5, 5.41) is 28.6. The number of rotatable bonds is 5. The summed E-state index contributed by atoms with van der Waals surface area (Å²) < 4.78 is 0. The normalized spacial score (nSPS) is 12.0. The molecule has 2 N–H and O–H groups in total. The molecule has 27 heavy (non-hydrogen) atoms. The van der Waals surface area contributed by atoms with E-state index in [1.54, 1.807) is 36.7 Å². The van der Waals surface area contributed by atoms with Crippen molar-refractivity contribution >= 4 is 33.1 Å². The van der Waals surface area contributed by atoms with Crippen LogP contribution in [0.2, 0.25) is 0 Å². The molecule has 0 saturated heterocycles. The average Bonchev–Trinajstić information content (AvgIpc) is 3.20. The van der Waals surface area contributed by atoms with Crippen LogP contribution in [0.1, 0.15) is 17.2 Å². The smallest absolute Gasteiger partial charge is 0.269 e. The molecule has 0 radical (unpaired) electrons. The zero-order valence-corrected chi connectivity index (χ0v) is 14.8. The van der Waals surface area contributed by atoms with Crippen LogP contribution in [0.5, 0.6) is 5.75 Å². The van der Waals surface area contributed by atoms with Crippen LogP contribution in [0.25, 0.3) is 10.9 Å². The van der Waals surface area contributed by atoms with E-state index in [4.69, 9.17) is 0 Å². The van der Waals surface area contributed by atoms with Gasteiger partial charge in [0.25, 0.3) is 5.69 Å². The molecule has 2 aromatic heterocycles. The zero-order chi connectivity index (χ0) is 18.8. The highest BCUT2D eigenvalue weighted by Crippen LogP contribution is 2.37. The highest BCUT2D eigenvalue weighted by atomic mass is 32.1. The third-order valence-corrected chi connectivity index (χ3v) is 4.91. The molecular formula is C19H14N4O3S. The third kappa shape index (κ3) is 3.30. The van der Waals surface area contributed by atoms with E-state index in [1.165, 1.54) is 23.5 Å². The number of hydrogen-bond donors (Lipinski definition) is 2. The minimum atomic E-state index is -0.526. The van der Waals surface area contributed by atoms with E-state index in [0.29, 0.717) is 21.8 Å². The number of pyridine rings is 1. The second-order valence-electron chi connectivity index (χ2n) is 5.85. The molecule has 0 unspecified atom stereocenters. The van der Waals surface area contributed by atoms with Gasteiger partial charge in [0.15, 0.2) is 5.13 Å². The molecule has 0 aliphatic heterocycles. The van der Waals surface area contributed by atoms with Gasteiger partial charge in [0.1, 0.15) is 11.3 Å². The second kappa shape index (κ2) is 7.00. The minimum Gasteiger partial charge on any atom is -0.505 e. The molecule has 0 aliphatic carbocycles. The highest BCUT2D eigenvalue weighted by molar-refractivity contribution is 7.13. The van der Waals surface area contributed by atoms with Gasteiger partial charge in [-0.15, -0.1) is 11.3 Å². The first-order chi connectivity index (χ1) is 13.1. The minimum absolute atomic E-state index is 0.0168. The van der Waals surface area contributed by atoms with Crippen molar-refractivity contribution in [3.8, 4) is 5.75 Å². The number of phenols is 1. The zero-order valence-electron chi connectivity index (χ0n) is 13.9. The number of hydrogen-bond acceptors (Lipinski definition) is 7. The predicted molar refractivity (Wildman–Crippen MR) is 104 cm³/mol. The lowest BCUT2D eigenvalue weighted by atomic mass is 9.96. The second-order valence-corrected chi connectivity index (χ2v) is 6.74. The van der Waals surface area contributed by atoms with Crippen molar-refractivity contribution in [1.29, 1.82) is 0 Å². The number of nitro benzene ring substituents is 1. The Labute approximate surface area is 158 Å². The van der Waals surface area contributed by atoms with E-state index in [9.17, 15) is 15.2 Å². The first-order valence-electron chi connectivity index (χ1n) is 8.10. The Balaban J connectivity index is 1.87. The number of phenolic OH excluding ortho intramolecular Hbond substituents is 1. The Bertz CT molecular complexity index is 1120. The maximum atomic E-state index is 11.2. The summed E-state index contributed by atoms with van der Waals surface area (Å²) in [6, 6.07) is 13.1. The van der Waals surface area contributed by atoms with Crippen LogP contribution >= 0.6 is 11.3 Å². The number of aromatic hydroxyl groups is 1. The van der Waals surface area contributed by atoms with Crippen LogP contribution in [-0.2, 0) is 0 Å². The van der Waals surface area contributed by atoms with Gasteiger partial charge in [0.2, 0.25) is 0 Å². The standard InChI is InChI=1S/C19H14N4O3S/c24-18-15(7-6-12-4-2-8-20-17(12)18)16(22-19-21-9-10-27-19)13-3-1-5-14(11-13)23(25)26/h1-11,16,24H,(H,21,22)/t16-/m1/s1. The molecule has 2 heterocycles. The van der Waals surface area contributed by atoms with E-state index >= 15 is 0 Å². The topological polar surface area (TPSA) is 101 Å². The van der Waals surface area contributed by atoms with E-state index in [2.05, 4.69) is 15.3 Å². The fraction of sp³-hybridized carbons (Fsp3) is 0.0526. The van der Waals surface area contributed by atoms with Gasteiger partial charge in [0.05, 0.1) is 11.0 Å². The fourth-order valence-electron chi connectivity index (χ4n) is 2.96. The van der Waals surface area contributed by atoms with Crippen LogP contribution in [0.3, 0.4) is 0 Å². The van der Waals surface area contributed by atoms with Crippen LogP contribution in [-0.4, -0.2) is 20.0 Å². The van der Waals surface area contributed by atoms with Crippen molar-refractivity contribution in [2.45, 2.75) is 6.04 Å². The highest BCUT2D eigenvalue weighted by Gasteiger charge is 2.22. The summed E-state index contributed by atoms with van der Waals surface area (Å²) in [5.74, 6) is 0.0358. The summed E-state index contributed by atoms with van der Waals surface area (Å²) in [6.07, 6.45) is 3.28. The average molecular weight is 378 g/mol. The lowest BCUT2D eigenvalue weighted by Gasteiger charge is -2.21. The van der Waals surface area contributed by atoms with Gasteiger partial charge >= 0.3 is 0 Å². The van der Waals surface area contributed by atoms with Crippen molar-refractivity contribution in [2.24, 2.45) is 0 Å². The number of thiazole rings is 1. The molecule has 1 atom stereocenters. The SMILES string of the molecule is O=[N+]([O-])c1cccc([C@@H](Nc2nccs2)c2ccc3cccnc3c2O)c1. The van der Waals surface area contributed by atoms with Gasteiger partial charge in [-0.05, 0) is 11.6 Å². The number of fused-ring (bicyclic) bond motifs is 1. The molecule has 134 valence electrons. The Morgan fingerprint density at radius 1 is 1.11 bits per heavy atom. The van der Waals surface area contributed by atoms with Crippen LogP contribution < -0.4 is 5.32 Å². The van der Waals surface area contributed by atoms with Crippen LogP contribution in [0.4, 0.5) is 10.8 Å². The number of nitrogens with one attached hydrogen (secondary N) is 1. The molecular weight excluding hydrogens is 364 g/mol. The molecule has 2 aromatic carbocycles. The number of benzene rings is 2. The maximum Gasteiger partial charge on any atom is 0.269 e. The summed E-state index contributed by atoms with van der Waals surface area (Å²) in [6.45, 7) is 0. The van der Waals surface area contributed by atoms with Crippen molar-refractivity contribution in [2.75, 3.05) is 5.32 Å². The van der Waals surface area contributed by atoms with Gasteiger partial charge < -0.3 is 10.4 Å². The Morgan fingerprint density at radius 2 is 2.00 bits per heavy atom. The van der Waals surface area contributed by atoms with Gasteiger partial charge in [-0.3, -0.25) is 15.1 Å². The molecule has 4 rings (SSSR count). The number of nitro groups is 1. The monoisotopic (exact) mass is 378 g/mol. The van der Waals surface area contributed by atoms with Gasteiger partial charge in [0, 0.05) is 40.9 Å². The summed E-state index contributed by atoms with van der Waals surface area (Å²) >= 11 is 1.41. The Kier molecular flexibility index (Phi) is 4.39. The molecule has 8 heteroatoms. The van der Waals surface area contributed by atoms with E-state index in [0.717, 1.165) is 5.39 Å². The first-order valence-corrected chi connectivity index (χ1v) is 8.98. The molecule has 0 spiro atoms. The lowest BCUT2D eigenvalue weighted by Crippen LogP contribution is -2.13. The quantitative estimate of drug-likeness (QED) is 0.391. The predicted octanol–water partition coefficient (Wildman–Crippen LogP) is 4.51. The van der Waals surface area contributed by atoms with E-state index < -0.39 is 11.0 Å². The largest absolute Gasteiger partial charge is 0.505 e. The molecule has 7 nitrogen and oxygen atoms in total. The number of aromatic nitrogens is 2. The maximum absolute atomic E-state index is 11.2. The molecule has 0 aliphatic rings. The molecule has 0 bridgehead atoms. The van der Waals surface area contributed by atoms with Crippen LogP contribution in [0.15, 0.2) is 66.3 Å². The molecule has 0 saturated carbocycles. The van der Waals surface area contributed by atoms with Gasteiger partial charge in [-0.1, -0.05) is 30.3 Å². The molecule has 0 fully saturated rings. The molecule has 4 aromatic rings. The van der Waals surface area contributed by atoms with Crippen molar-refractivity contribution in [3.05, 3.63) is 87.5 Å². The molecule has 0 amide bonds. The first kappa shape index (κ1) is 16.9. The van der Waals surface area contributed by atoms with Gasteiger partial charge in [-0.2, -0.15) is 0 Å². The van der Waals surface area contributed by atoms with Crippen LogP contribution in [0, 0.1) is 10.1 Å². The Morgan fingerprint density at radius 3 is 2.78 bits per heavy atom. The van der Waals surface area contributed by atoms with Crippen molar-refractivity contribution in [3.63, 3.8) is 0 Å². The Hall–Kier alpha value is -3.52. The van der Waals surface area contributed by atoms with Gasteiger partial charge in [-0.25, -0.2) is 4.98 Å². The van der Waals surface area contributed by atoms with E-state index in [1.807, 2.05) is 17.5 Å². The number of anilines is 1. The van der Waals surface area contributed by atoms with Crippen molar-refractivity contribution < 1.29 is 10.0 Å². The number of non-ortho nitro benzene ring substituents is 1. The number of nitrogens with zero attached hydrogens (tertiary/aromatic N) is 3. The van der Waals surface area contributed by atoms with E-state index in [-0.39, 0.29) is 11.4 Å². The van der Waals surface area contributed by atoms with Crippen molar-refractivity contribution in [1.82, 2.24) is 9.97 Å². The summed E-state index contributed by atoms with van der Waals surface area (Å²) in [4.78, 5) is 19.2. The lowest BCUT2D eigenvalue weighted by molar-refractivity contribution is -0.384.